The Morgan fingerprint density at radius 3 is 2.52 bits per heavy atom. The molecule has 1 aliphatic heterocycles. The molecule has 1 N–H and O–H groups in total. The molecule has 7 heteroatoms. The number of thioether (sulfide) groups is 1. The van der Waals surface area contributed by atoms with Gasteiger partial charge in [0.1, 0.15) is 0 Å². The van der Waals surface area contributed by atoms with E-state index < -0.39 is 10.0 Å². The van der Waals surface area contributed by atoms with Crippen molar-refractivity contribution in [3.05, 3.63) is 48.0 Å². The van der Waals surface area contributed by atoms with E-state index in [0.29, 0.717) is 17.9 Å². The summed E-state index contributed by atoms with van der Waals surface area (Å²) in [6.07, 6.45) is 0. The smallest absolute Gasteiger partial charge is 0.261 e. The number of nitrogens with zero attached hydrogens (tertiary/aromatic N) is 1. The molecule has 132 valence electrons. The van der Waals surface area contributed by atoms with Crippen LogP contribution in [-0.2, 0) is 14.8 Å². The summed E-state index contributed by atoms with van der Waals surface area (Å²) in [6.45, 7) is 6.06. The van der Waals surface area contributed by atoms with Gasteiger partial charge in [0.05, 0.1) is 10.6 Å². The molecule has 0 saturated heterocycles. The molecule has 3 rings (SSSR count). The van der Waals surface area contributed by atoms with Crippen LogP contribution in [0.5, 0.6) is 0 Å². The Morgan fingerprint density at radius 2 is 1.88 bits per heavy atom. The highest BCUT2D eigenvalue weighted by molar-refractivity contribution is 8.00. The highest BCUT2D eigenvalue weighted by Gasteiger charge is 2.27. The van der Waals surface area contributed by atoms with Crippen LogP contribution in [0.3, 0.4) is 0 Å². The molecule has 2 aromatic rings. The second kappa shape index (κ2) is 6.72. The molecule has 0 unspecified atom stereocenters. The van der Waals surface area contributed by atoms with Crippen LogP contribution >= 0.6 is 11.8 Å². The van der Waals surface area contributed by atoms with E-state index in [1.54, 1.807) is 47.0 Å². The zero-order valence-corrected chi connectivity index (χ0v) is 15.9. The molecule has 0 bridgehead atoms. The summed E-state index contributed by atoms with van der Waals surface area (Å²) in [4.78, 5) is 14.6. The Kier molecular flexibility index (Phi) is 4.79. The molecule has 5 nitrogen and oxygen atoms in total. The monoisotopic (exact) mass is 376 g/mol. The number of carbonyl (C=O) groups excluding carboxylic acids is 1. The molecule has 0 radical (unpaired) electrons. The SMILES string of the molecule is CC(=O)N1C[C@H](C)Sc2ccc(S(=O)(=O)Nc3ccc(C)cc3)cc21. The third-order valence-corrected chi connectivity index (χ3v) is 6.51. The summed E-state index contributed by atoms with van der Waals surface area (Å²) in [7, 11) is -3.72. The van der Waals surface area contributed by atoms with E-state index in [1.165, 1.54) is 6.92 Å². The maximum atomic E-state index is 12.7. The van der Waals surface area contributed by atoms with Gasteiger partial charge in [0.15, 0.2) is 0 Å². The van der Waals surface area contributed by atoms with Gasteiger partial charge in [-0.15, -0.1) is 11.8 Å². The number of anilines is 2. The van der Waals surface area contributed by atoms with E-state index in [1.807, 2.05) is 26.0 Å². The number of amides is 1. The second-order valence-electron chi connectivity index (χ2n) is 6.16. The van der Waals surface area contributed by atoms with Crippen molar-refractivity contribution in [3.8, 4) is 0 Å². The molecule has 0 aliphatic carbocycles. The fourth-order valence-corrected chi connectivity index (χ4v) is 4.89. The van der Waals surface area contributed by atoms with Crippen LogP contribution in [0.1, 0.15) is 19.4 Å². The van der Waals surface area contributed by atoms with Crippen molar-refractivity contribution in [1.82, 2.24) is 0 Å². The molecule has 0 aromatic heterocycles. The minimum Gasteiger partial charge on any atom is -0.310 e. The Labute approximate surface area is 152 Å². The number of hydrogen-bond acceptors (Lipinski definition) is 4. The van der Waals surface area contributed by atoms with Gasteiger partial charge in [0, 0.05) is 29.3 Å². The molecule has 0 spiro atoms. The zero-order chi connectivity index (χ0) is 18.2. The number of hydrogen-bond donors (Lipinski definition) is 1. The van der Waals surface area contributed by atoms with Crippen molar-refractivity contribution in [2.45, 2.75) is 35.8 Å². The van der Waals surface area contributed by atoms with Crippen molar-refractivity contribution >= 4 is 39.1 Å². The number of sulfonamides is 1. The molecular formula is C18H20N2O3S2. The summed E-state index contributed by atoms with van der Waals surface area (Å²) in [5.74, 6) is -0.0885. The van der Waals surface area contributed by atoms with Gasteiger partial charge < -0.3 is 4.90 Å². The lowest BCUT2D eigenvalue weighted by Gasteiger charge is -2.32. The number of benzene rings is 2. The highest BCUT2D eigenvalue weighted by atomic mass is 32.2. The van der Waals surface area contributed by atoms with E-state index in [2.05, 4.69) is 4.72 Å². The van der Waals surface area contributed by atoms with Crippen LogP contribution in [-0.4, -0.2) is 26.1 Å². The molecule has 25 heavy (non-hydrogen) atoms. The normalized spacial score (nSPS) is 17.1. The first-order chi connectivity index (χ1) is 11.8. The molecule has 1 amide bonds. The predicted octanol–water partition coefficient (Wildman–Crippen LogP) is 3.64. The molecule has 0 saturated carbocycles. The Hall–Kier alpha value is -1.99. The predicted molar refractivity (Wildman–Crippen MR) is 102 cm³/mol. The van der Waals surface area contributed by atoms with Gasteiger partial charge in [-0.2, -0.15) is 0 Å². The molecule has 2 aromatic carbocycles. The lowest BCUT2D eigenvalue weighted by atomic mass is 10.2. The van der Waals surface area contributed by atoms with Crippen molar-refractivity contribution in [2.24, 2.45) is 0 Å². The molecule has 1 heterocycles. The fourth-order valence-electron chi connectivity index (χ4n) is 2.72. The molecule has 1 aliphatic rings. The standard InChI is InChI=1S/C18H20N2O3S2/c1-12-4-6-15(7-5-12)19-25(22,23)16-8-9-18-17(10-16)20(14(3)21)11-13(2)24-18/h4-10,13,19H,11H2,1-3H3/t13-/m0/s1. The lowest BCUT2D eigenvalue weighted by molar-refractivity contribution is -0.116. The molecule has 0 fully saturated rings. The second-order valence-corrected chi connectivity index (χ2v) is 9.32. The van der Waals surface area contributed by atoms with Gasteiger partial charge in [-0.25, -0.2) is 8.42 Å². The van der Waals surface area contributed by atoms with E-state index in [-0.39, 0.29) is 16.1 Å². The van der Waals surface area contributed by atoms with Crippen LogP contribution in [0.4, 0.5) is 11.4 Å². The zero-order valence-electron chi connectivity index (χ0n) is 14.3. The first kappa shape index (κ1) is 17.8. The average Bonchev–Trinajstić information content (AvgIpc) is 2.55. The number of rotatable bonds is 3. The maximum Gasteiger partial charge on any atom is 0.261 e. The van der Waals surface area contributed by atoms with Gasteiger partial charge in [-0.3, -0.25) is 9.52 Å². The third kappa shape index (κ3) is 3.82. The Balaban J connectivity index is 1.96. The molecular weight excluding hydrogens is 356 g/mol. The number of nitrogens with one attached hydrogen (secondary N) is 1. The lowest BCUT2D eigenvalue weighted by Crippen LogP contribution is -2.37. The van der Waals surface area contributed by atoms with Crippen molar-refractivity contribution in [3.63, 3.8) is 0 Å². The van der Waals surface area contributed by atoms with Gasteiger partial charge in [0.25, 0.3) is 10.0 Å². The van der Waals surface area contributed by atoms with Crippen molar-refractivity contribution in [1.29, 1.82) is 0 Å². The summed E-state index contributed by atoms with van der Waals surface area (Å²) < 4.78 is 28.0. The van der Waals surface area contributed by atoms with Gasteiger partial charge in [0.2, 0.25) is 5.91 Å². The summed E-state index contributed by atoms with van der Waals surface area (Å²) in [5, 5.41) is 0.268. The highest BCUT2D eigenvalue weighted by Crippen LogP contribution is 2.39. The first-order valence-electron chi connectivity index (χ1n) is 7.94. The van der Waals surface area contributed by atoms with Gasteiger partial charge in [-0.05, 0) is 37.3 Å². The summed E-state index contributed by atoms with van der Waals surface area (Å²) >= 11 is 1.65. The topological polar surface area (TPSA) is 66.5 Å². The summed E-state index contributed by atoms with van der Waals surface area (Å²) in [5.41, 5.74) is 2.22. The van der Waals surface area contributed by atoms with Crippen molar-refractivity contribution < 1.29 is 13.2 Å². The minimum absolute atomic E-state index is 0.0885. The van der Waals surface area contributed by atoms with Gasteiger partial charge >= 0.3 is 0 Å². The maximum absolute atomic E-state index is 12.7. The minimum atomic E-state index is -3.72. The third-order valence-electron chi connectivity index (χ3n) is 3.98. The van der Waals surface area contributed by atoms with Crippen molar-refractivity contribution in [2.75, 3.05) is 16.2 Å². The fraction of sp³-hybridized carbons (Fsp3) is 0.278. The van der Waals surface area contributed by atoms with E-state index in [9.17, 15) is 13.2 Å². The van der Waals surface area contributed by atoms with Crippen LogP contribution in [0, 0.1) is 6.92 Å². The Morgan fingerprint density at radius 1 is 1.20 bits per heavy atom. The van der Waals surface area contributed by atoms with E-state index >= 15 is 0 Å². The van der Waals surface area contributed by atoms with Crippen LogP contribution in [0.25, 0.3) is 0 Å². The van der Waals surface area contributed by atoms with E-state index in [0.717, 1.165) is 10.5 Å². The Bertz CT molecular complexity index is 908. The van der Waals surface area contributed by atoms with Gasteiger partial charge in [-0.1, -0.05) is 24.6 Å². The van der Waals surface area contributed by atoms with Crippen LogP contribution in [0.2, 0.25) is 0 Å². The van der Waals surface area contributed by atoms with Crippen LogP contribution < -0.4 is 9.62 Å². The number of fused-ring (bicyclic) bond motifs is 1. The quantitative estimate of drug-likeness (QED) is 0.888. The van der Waals surface area contributed by atoms with Crippen LogP contribution in [0.15, 0.2) is 52.3 Å². The average molecular weight is 377 g/mol. The summed E-state index contributed by atoms with van der Waals surface area (Å²) in [6, 6.07) is 12.1. The first-order valence-corrected chi connectivity index (χ1v) is 10.3. The number of aryl methyl sites for hydroxylation is 1. The largest absolute Gasteiger partial charge is 0.310 e. The molecule has 1 atom stereocenters. The number of carbonyl (C=O) groups is 1. The van der Waals surface area contributed by atoms with E-state index in [4.69, 9.17) is 0 Å².